The average molecular weight is 210 g/mol. The van der Waals surface area contributed by atoms with E-state index >= 15 is 0 Å². The van der Waals surface area contributed by atoms with E-state index in [1.807, 2.05) is 18.0 Å². The van der Waals surface area contributed by atoms with Gasteiger partial charge < -0.3 is 10.6 Å². The molecule has 0 unspecified atom stereocenters. The number of hydrogen-bond acceptors (Lipinski definition) is 5. The topological polar surface area (TPSA) is 55.0 Å². The van der Waals surface area contributed by atoms with E-state index in [2.05, 4.69) is 14.9 Å². The molecule has 1 aromatic rings. The van der Waals surface area contributed by atoms with Crippen molar-refractivity contribution in [1.82, 2.24) is 9.97 Å². The van der Waals surface area contributed by atoms with Crippen molar-refractivity contribution in [2.45, 2.75) is 6.54 Å². The minimum atomic E-state index is 0.462. The summed E-state index contributed by atoms with van der Waals surface area (Å²) in [5, 5.41) is 0. The smallest absolute Gasteiger partial charge is 0.147 e. The first kappa shape index (κ1) is 9.73. The lowest BCUT2D eigenvalue weighted by molar-refractivity contribution is 0.820. The first-order chi connectivity index (χ1) is 6.90. The normalized spacial score (nSPS) is 17.1. The van der Waals surface area contributed by atoms with E-state index in [9.17, 15) is 0 Å². The Bertz CT molecular complexity index is 299. The zero-order chi connectivity index (χ0) is 9.80. The zero-order valence-electron chi connectivity index (χ0n) is 8.02. The molecular formula is C9H14N4S. The Morgan fingerprint density at radius 2 is 2.14 bits per heavy atom. The van der Waals surface area contributed by atoms with Gasteiger partial charge in [0, 0.05) is 37.3 Å². The molecule has 0 saturated carbocycles. The van der Waals surface area contributed by atoms with E-state index in [1.54, 1.807) is 6.20 Å². The molecule has 0 aliphatic carbocycles. The predicted molar refractivity (Wildman–Crippen MR) is 59.5 cm³/mol. The molecular weight excluding hydrogens is 196 g/mol. The van der Waals surface area contributed by atoms with Gasteiger partial charge in [-0.2, -0.15) is 11.8 Å². The highest BCUT2D eigenvalue weighted by atomic mass is 32.2. The first-order valence-corrected chi connectivity index (χ1v) is 5.89. The van der Waals surface area contributed by atoms with Crippen molar-refractivity contribution < 1.29 is 0 Å². The highest BCUT2D eigenvalue weighted by molar-refractivity contribution is 7.99. The van der Waals surface area contributed by atoms with E-state index in [0.29, 0.717) is 6.54 Å². The van der Waals surface area contributed by atoms with Gasteiger partial charge in [0.05, 0.1) is 11.9 Å². The lowest BCUT2D eigenvalue weighted by Crippen LogP contribution is -2.33. The third kappa shape index (κ3) is 2.16. The molecule has 2 N–H and O–H groups in total. The van der Waals surface area contributed by atoms with Crippen molar-refractivity contribution in [3.05, 3.63) is 18.1 Å². The Morgan fingerprint density at radius 3 is 2.86 bits per heavy atom. The lowest BCUT2D eigenvalue weighted by Gasteiger charge is -2.27. The Balaban J connectivity index is 2.13. The van der Waals surface area contributed by atoms with Crippen LogP contribution in [0.3, 0.4) is 0 Å². The molecule has 76 valence electrons. The molecule has 4 nitrogen and oxygen atoms in total. The van der Waals surface area contributed by atoms with Crippen molar-refractivity contribution in [3.8, 4) is 0 Å². The third-order valence-electron chi connectivity index (χ3n) is 2.22. The molecule has 1 saturated heterocycles. The van der Waals surface area contributed by atoms with Crippen molar-refractivity contribution in [2.75, 3.05) is 29.5 Å². The summed E-state index contributed by atoms with van der Waals surface area (Å²) in [7, 11) is 0. The van der Waals surface area contributed by atoms with Gasteiger partial charge in [-0.15, -0.1) is 0 Å². The van der Waals surface area contributed by atoms with Crippen LogP contribution >= 0.6 is 11.8 Å². The van der Waals surface area contributed by atoms with Gasteiger partial charge >= 0.3 is 0 Å². The average Bonchev–Trinajstić information content (AvgIpc) is 2.30. The van der Waals surface area contributed by atoms with Gasteiger partial charge in [-0.1, -0.05) is 0 Å². The van der Waals surface area contributed by atoms with Crippen LogP contribution in [0.2, 0.25) is 0 Å². The molecule has 0 spiro atoms. The molecule has 2 heterocycles. The number of rotatable bonds is 2. The number of anilines is 1. The van der Waals surface area contributed by atoms with Gasteiger partial charge in [-0.25, -0.2) is 4.98 Å². The van der Waals surface area contributed by atoms with Gasteiger partial charge in [-0.3, -0.25) is 4.98 Å². The predicted octanol–water partition coefficient (Wildman–Crippen LogP) is 0.488. The molecule has 1 fully saturated rings. The first-order valence-electron chi connectivity index (χ1n) is 4.74. The minimum Gasteiger partial charge on any atom is -0.354 e. The fourth-order valence-corrected chi connectivity index (χ4v) is 2.34. The van der Waals surface area contributed by atoms with E-state index in [-0.39, 0.29) is 0 Å². The van der Waals surface area contributed by atoms with Gasteiger partial charge in [0.1, 0.15) is 5.82 Å². The molecule has 0 bridgehead atoms. The standard InChI is InChI=1S/C9H14N4S/c10-5-8-6-11-7-9(12-8)13-1-3-14-4-2-13/h6-7H,1-5,10H2. The monoisotopic (exact) mass is 210 g/mol. The second-order valence-corrected chi connectivity index (χ2v) is 4.40. The number of hydrogen-bond donors (Lipinski definition) is 1. The molecule has 1 aliphatic heterocycles. The van der Waals surface area contributed by atoms with Crippen molar-refractivity contribution in [1.29, 1.82) is 0 Å². The lowest BCUT2D eigenvalue weighted by atomic mass is 10.4. The summed E-state index contributed by atoms with van der Waals surface area (Å²) in [4.78, 5) is 10.9. The summed E-state index contributed by atoms with van der Waals surface area (Å²) >= 11 is 1.99. The Kier molecular flexibility index (Phi) is 3.21. The number of thioether (sulfide) groups is 1. The quantitative estimate of drug-likeness (QED) is 0.770. The largest absolute Gasteiger partial charge is 0.354 e. The van der Waals surface area contributed by atoms with E-state index in [0.717, 1.165) is 24.6 Å². The zero-order valence-corrected chi connectivity index (χ0v) is 8.83. The molecule has 0 atom stereocenters. The summed E-state index contributed by atoms with van der Waals surface area (Å²) in [6, 6.07) is 0. The minimum absolute atomic E-state index is 0.462. The highest BCUT2D eigenvalue weighted by Crippen LogP contribution is 2.16. The van der Waals surface area contributed by atoms with Crippen LogP contribution in [0.15, 0.2) is 12.4 Å². The van der Waals surface area contributed by atoms with Crippen LogP contribution in [-0.4, -0.2) is 34.6 Å². The maximum atomic E-state index is 5.52. The van der Waals surface area contributed by atoms with Gasteiger partial charge in [0.15, 0.2) is 0 Å². The van der Waals surface area contributed by atoms with E-state index < -0.39 is 0 Å². The fraction of sp³-hybridized carbons (Fsp3) is 0.556. The molecule has 1 aromatic heterocycles. The molecule has 0 amide bonds. The third-order valence-corrected chi connectivity index (χ3v) is 3.16. The molecule has 2 rings (SSSR count). The SMILES string of the molecule is NCc1cncc(N2CCSCC2)n1. The Morgan fingerprint density at radius 1 is 1.36 bits per heavy atom. The molecule has 0 radical (unpaired) electrons. The van der Waals surface area contributed by atoms with E-state index in [1.165, 1.54) is 11.5 Å². The van der Waals surface area contributed by atoms with Crippen molar-refractivity contribution in [3.63, 3.8) is 0 Å². The summed E-state index contributed by atoms with van der Waals surface area (Å²) in [6.07, 6.45) is 3.54. The second-order valence-electron chi connectivity index (χ2n) is 3.17. The van der Waals surface area contributed by atoms with Crippen LogP contribution in [0.1, 0.15) is 5.69 Å². The summed E-state index contributed by atoms with van der Waals surface area (Å²) in [5.74, 6) is 3.32. The molecule has 5 heteroatoms. The van der Waals surface area contributed by atoms with Gasteiger partial charge in [0.2, 0.25) is 0 Å². The fourth-order valence-electron chi connectivity index (χ4n) is 1.44. The van der Waals surface area contributed by atoms with Gasteiger partial charge in [-0.05, 0) is 0 Å². The Labute approximate surface area is 87.9 Å². The highest BCUT2D eigenvalue weighted by Gasteiger charge is 2.12. The van der Waals surface area contributed by atoms with Crippen LogP contribution in [-0.2, 0) is 6.54 Å². The summed E-state index contributed by atoms with van der Waals surface area (Å²) < 4.78 is 0. The number of aromatic nitrogens is 2. The summed E-state index contributed by atoms with van der Waals surface area (Å²) in [6.45, 7) is 2.59. The van der Waals surface area contributed by atoms with Crippen LogP contribution in [0.5, 0.6) is 0 Å². The maximum Gasteiger partial charge on any atom is 0.147 e. The van der Waals surface area contributed by atoms with Gasteiger partial charge in [0.25, 0.3) is 0 Å². The van der Waals surface area contributed by atoms with Crippen molar-refractivity contribution in [2.24, 2.45) is 5.73 Å². The van der Waals surface area contributed by atoms with Crippen LogP contribution in [0, 0.1) is 0 Å². The molecule has 1 aliphatic rings. The van der Waals surface area contributed by atoms with Crippen LogP contribution in [0.25, 0.3) is 0 Å². The van der Waals surface area contributed by atoms with Crippen LogP contribution < -0.4 is 10.6 Å². The number of nitrogens with two attached hydrogens (primary N) is 1. The number of nitrogens with zero attached hydrogens (tertiary/aromatic N) is 3. The van der Waals surface area contributed by atoms with Crippen molar-refractivity contribution >= 4 is 17.6 Å². The second kappa shape index (κ2) is 4.61. The van der Waals surface area contributed by atoms with E-state index in [4.69, 9.17) is 5.73 Å². The molecule has 14 heavy (non-hydrogen) atoms. The van der Waals surface area contributed by atoms with Crippen LogP contribution in [0.4, 0.5) is 5.82 Å². The molecule has 0 aromatic carbocycles. The maximum absolute atomic E-state index is 5.52. The summed E-state index contributed by atoms with van der Waals surface area (Å²) in [5.41, 5.74) is 6.38. The Hall–Kier alpha value is -0.810.